The lowest BCUT2D eigenvalue weighted by Crippen LogP contribution is -2.15. The van der Waals surface area contributed by atoms with Crippen LogP contribution in [0.2, 0.25) is 0 Å². The molecule has 29 heavy (non-hydrogen) atoms. The van der Waals surface area contributed by atoms with E-state index in [2.05, 4.69) is 10.6 Å². The van der Waals surface area contributed by atoms with Gasteiger partial charge in [0.2, 0.25) is 5.91 Å². The lowest BCUT2D eigenvalue weighted by Gasteiger charge is -2.08. The molecule has 1 heterocycles. The highest BCUT2D eigenvalue weighted by Gasteiger charge is 2.08. The van der Waals surface area contributed by atoms with E-state index in [1.54, 1.807) is 42.7 Å². The molecule has 0 unspecified atom stereocenters. The van der Waals surface area contributed by atoms with Crippen molar-refractivity contribution in [1.82, 2.24) is 0 Å². The van der Waals surface area contributed by atoms with Crippen LogP contribution in [-0.4, -0.2) is 24.2 Å². The average molecular weight is 410 g/mol. The van der Waals surface area contributed by atoms with Gasteiger partial charge in [0, 0.05) is 16.9 Å². The number of hydrogen-bond acceptors (Lipinski definition) is 5. The number of hydrogen-bond donors (Lipinski definition) is 2. The smallest absolute Gasteiger partial charge is 0.255 e. The van der Waals surface area contributed by atoms with Crippen LogP contribution in [0.1, 0.15) is 23.0 Å². The lowest BCUT2D eigenvalue weighted by atomic mass is 10.2. The highest BCUT2D eigenvalue weighted by Crippen LogP contribution is 2.18. The Hall–Kier alpha value is -3.19. The summed E-state index contributed by atoms with van der Waals surface area (Å²) in [5.74, 6) is 2.24. The predicted molar refractivity (Wildman–Crippen MR) is 116 cm³/mol. The van der Waals surface area contributed by atoms with Crippen LogP contribution >= 0.6 is 11.8 Å². The molecule has 2 N–H and O–H groups in total. The Morgan fingerprint density at radius 2 is 1.66 bits per heavy atom. The number of ether oxygens (including phenoxy) is 1. The molecule has 0 atom stereocenters. The Morgan fingerprint density at radius 3 is 2.31 bits per heavy atom. The molecule has 0 bridgehead atoms. The van der Waals surface area contributed by atoms with Crippen molar-refractivity contribution in [2.45, 2.75) is 12.7 Å². The average Bonchev–Trinajstić information content (AvgIpc) is 3.24. The summed E-state index contributed by atoms with van der Waals surface area (Å²) in [6.07, 6.45) is 1.61. The second kappa shape index (κ2) is 10.4. The molecule has 0 aliphatic rings. The minimum absolute atomic E-state index is 0.104. The molecule has 0 spiro atoms. The van der Waals surface area contributed by atoms with Gasteiger partial charge in [0.05, 0.1) is 24.4 Å². The molecule has 0 aliphatic heterocycles. The zero-order valence-electron chi connectivity index (χ0n) is 16.0. The van der Waals surface area contributed by atoms with Crippen LogP contribution in [0.5, 0.6) is 5.75 Å². The summed E-state index contributed by atoms with van der Waals surface area (Å²) in [5.41, 5.74) is 1.83. The topological polar surface area (TPSA) is 80.6 Å². The number of nitrogens with one attached hydrogen (secondary N) is 2. The maximum atomic E-state index is 12.4. The van der Waals surface area contributed by atoms with Crippen LogP contribution in [-0.2, 0) is 10.5 Å². The van der Waals surface area contributed by atoms with Gasteiger partial charge in [-0.05, 0) is 67.6 Å². The van der Waals surface area contributed by atoms with Gasteiger partial charge in [-0.15, -0.1) is 11.8 Å². The van der Waals surface area contributed by atoms with Gasteiger partial charge in [-0.25, -0.2) is 0 Å². The molecule has 7 heteroatoms. The summed E-state index contributed by atoms with van der Waals surface area (Å²) in [6.45, 7) is 2.51. The van der Waals surface area contributed by atoms with Crippen molar-refractivity contribution < 1.29 is 18.7 Å². The molecule has 2 amide bonds. The van der Waals surface area contributed by atoms with E-state index in [4.69, 9.17) is 9.15 Å². The fourth-order valence-corrected chi connectivity index (χ4v) is 3.27. The zero-order chi connectivity index (χ0) is 20.5. The fourth-order valence-electron chi connectivity index (χ4n) is 2.55. The summed E-state index contributed by atoms with van der Waals surface area (Å²) in [7, 11) is 0. The molecule has 150 valence electrons. The first-order valence-corrected chi connectivity index (χ1v) is 10.3. The standard InChI is InChI=1S/C22H22N2O4S/c1-2-27-19-11-9-18(10-12-19)24-22(26)16-5-7-17(8-6-16)23-21(25)15-29-14-20-4-3-13-28-20/h3-13H,2,14-15H2,1H3,(H,23,25)(H,24,26). The molecular formula is C22H22N2O4S. The Labute approximate surface area is 173 Å². The van der Waals surface area contributed by atoms with Crippen LogP contribution in [0.3, 0.4) is 0 Å². The third kappa shape index (κ3) is 6.43. The van der Waals surface area contributed by atoms with Crippen LogP contribution in [0.25, 0.3) is 0 Å². The third-order valence-corrected chi connectivity index (χ3v) is 4.87. The predicted octanol–water partition coefficient (Wildman–Crippen LogP) is 4.80. The third-order valence-electron chi connectivity index (χ3n) is 3.91. The molecule has 0 saturated carbocycles. The second-order valence-electron chi connectivity index (χ2n) is 6.11. The molecule has 6 nitrogen and oxygen atoms in total. The Bertz CT molecular complexity index is 922. The monoisotopic (exact) mass is 410 g/mol. The van der Waals surface area contributed by atoms with Crippen molar-refractivity contribution in [3.8, 4) is 5.75 Å². The van der Waals surface area contributed by atoms with E-state index in [0.717, 1.165) is 11.5 Å². The molecule has 1 aromatic heterocycles. The molecule has 0 aliphatic carbocycles. The maximum Gasteiger partial charge on any atom is 0.255 e. The van der Waals surface area contributed by atoms with Gasteiger partial charge in [-0.1, -0.05) is 0 Å². The first-order valence-electron chi connectivity index (χ1n) is 9.18. The number of amides is 2. The second-order valence-corrected chi connectivity index (χ2v) is 7.09. The Balaban J connectivity index is 1.47. The van der Waals surface area contributed by atoms with Gasteiger partial charge in [0.25, 0.3) is 5.91 Å². The quantitative estimate of drug-likeness (QED) is 0.529. The van der Waals surface area contributed by atoms with Gasteiger partial charge >= 0.3 is 0 Å². The lowest BCUT2D eigenvalue weighted by molar-refractivity contribution is -0.113. The van der Waals surface area contributed by atoms with Crippen molar-refractivity contribution in [3.63, 3.8) is 0 Å². The van der Waals surface area contributed by atoms with E-state index in [9.17, 15) is 9.59 Å². The normalized spacial score (nSPS) is 10.4. The summed E-state index contributed by atoms with van der Waals surface area (Å²) in [5, 5.41) is 5.66. The number of furan rings is 1. The van der Waals surface area contributed by atoms with E-state index >= 15 is 0 Å². The van der Waals surface area contributed by atoms with Gasteiger partial charge in [-0.3, -0.25) is 9.59 Å². The number of thioether (sulfide) groups is 1. The first kappa shape index (κ1) is 20.5. The fraction of sp³-hybridized carbons (Fsp3) is 0.182. The van der Waals surface area contributed by atoms with E-state index in [-0.39, 0.29) is 11.8 Å². The number of anilines is 2. The molecule has 2 aromatic carbocycles. The first-order chi connectivity index (χ1) is 14.1. The minimum Gasteiger partial charge on any atom is -0.494 e. The van der Waals surface area contributed by atoms with Crippen molar-refractivity contribution in [2.24, 2.45) is 0 Å². The summed E-state index contributed by atoms with van der Waals surface area (Å²) < 4.78 is 10.6. The largest absolute Gasteiger partial charge is 0.494 e. The summed E-state index contributed by atoms with van der Waals surface area (Å²) in [6, 6.07) is 17.7. The number of rotatable bonds is 9. The van der Waals surface area contributed by atoms with Gasteiger partial charge in [-0.2, -0.15) is 0 Å². The summed E-state index contributed by atoms with van der Waals surface area (Å²) >= 11 is 1.47. The molecule has 0 saturated heterocycles. The Kier molecular flexibility index (Phi) is 7.35. The summed E-state index contributed by atoms with van der Waals surface area (Å²) in [4.78, 5) is 24.4. The highest BCUT2D eigenvalue weighted by molar-refractivity contribution is 7.99. The van der Waals surface area contributed by atoms with E-state index in [1.165, 1.54) is 11.8 Å². The van der Waals surface area contributed by atoms with Gasteiger partial charge in [0.15, 0.2) is 0 Å². The van der Waals surface area contributed by atoms with Crippen LogP contribution < -0.4 is 15.4 Å². The van der Waals surface area contributed by atoms with E-state index < -0.39 is 0 Å². The van der Waals surface area contributed by atoms with E-state index in [1.807, 2.05) is 31.2 Å². The van der Waals surface area contributed by atoms with Crippen molar-refractivity contribution >= 4 is 35.0 Å². The van der Waals surface area contributed by atoms with Crippen LogP contribution in [0.15, 0.2) is 71.3 Å². The van der Waals surface area contributed by atoms with Crippen molar-refractivity contribution in [2.75, 3.05) is 23.0 Å². The van der Waals surface area contributed by atoms with Crippen LogP contribution in [0.4, 0.5) is 11.4 Å². The number of carbonyl (C=O) groups is 2. The zero-order valence-corrected chi connectivity index (χ0v) is 16.8. The highest BCUT2D eigenvalue weighted by atomic mass is 32.2. The molecule has 0 radical (unpaired) electrons. The molecular weight excluding hydrogens is 388 g/mol. The van der Waals surface area contributed by atoms with Crippen molar-refractivity contribution in [1.29, 1.82) is 0 Å². The molecule has 3 aromatic rings. The molecule has 0 fully saturated rings. The van der Waals surface area contributed by atoms with E-state index in [0.29, 0.717) is 35.1 Å². The SMILES string of the molecule is CCOc1ccc(NC(=O)c2ccc(NC(=O)CSCc3ccco3)cc2)cc1. The van der Waals surface area contributed by atoms with Crippen LogP contribution in [0, 0.1) is 0 Å². The van der Waals surface area contributed by atoms with Gasteiger partial charge < -0.3 is 19.8 Å². The van der Waals surface area contributed by atoms with Gasteiger partial charge in [0.1, 0.15) is 11.5 Å². The number of carbonyl (C=O) groups excluding carboxylic acids is 2. The maximum absolute atomic E-state index is 12.4. The minimum atomic E-state index is -0.221. The Morgan fingerprint density at radius 1 is 0.966 bits per heavy atom. The molecule has 3 rings (SSSR count). The van der Waals surface area contributed by atoms with Crippen molar-refractivity contribution in [3.05, 3.63) is 78.3 Å². The number of benzene rings is 2.